The molecule has 1 unspecified atom stereocenters. The summed E-state index contributed by atoms with van der Waals surface area (Å²) in [6, 6.07) is 4.32. The summed E-state index contributed by atoms with van der Waals surface area (Å²) in [5.74, 6) is 0. The molecule has 0 spiro atoms. The maximum Gasteiger partial charge on any atom is 0.0451 e. The second-order valence-electron chi connectivity index (χ2n) is 3.03. The van der Waals surface area contributed by atoms with Crippen LogP contribution in [0.5, 0.6) is 0 Å². The topological polar surface area (TPSA) is 28.2 Å². The lowest BCUT2D eigenvalue weighted by Crippen LogP contribution is -2.32. The predicted molar refractivity (Wildman–Crippen MR) is 49.5 cm³/mol. The summed E-state index contributed by atoms with van der Waals surface area (Å²) in [5, 5.41) is 1.94. The highest BCUT2D eigenvalue weighted by atomic mass is 15.5. The molecule has 0 aliphatic carbocycles. The molecule has 1 aromatic heterocycles. The van der Waals surface area contributed by atoms with Gasteiger partial charge < -0.3 is 0 Å². The Morgan fingerprint density at radius 2 is 2.25 bits per heavy atom. The second-order valence-corrected chi connectivity index (χ2v) is 3.03. The zero-order chi connectivity index (χ0) is 8.97. The Morgan fingerprint density at radius 1 is 1.50 bits per heavy atom. The van der Waals surface area contributed by atoms with E-state index in [1.165, 1.54) is 5.56 Å². The Balaban J connectivity index is 2.59. The van der Waals surface area contributed by atoms with E-state index >= 15 is 0 Å². The maximum atomic E-state index is 4.05. The number of pyridine rings is 1. The van der Waals surface area contributed by atoms with Crippen LogP contribution in [0, 0.1) is 0 Å². The van der Waals surface area contributed by atoms with Gasteiger partial charge in [-0.2, -0.15) is 0 Å². The lowest BCUT2D eigenvalue weighted by molar-refractivity contribution is 0.252. The third kappa shape index (κ3) is 2.60. The molecule has 0 radical (unpaired) electrons. The van der Waals surface area contributed by atoms with Crippen molar-refractivity contribution in [3.63, 3.8) is 0 Å². The molecular formula is C9H15N3. The van der Waals surface area contributed by atoms with Gasteiger partial charge in [0.25, 0.3) is 0 Å². The summed E-state index contributed by atoms with van der Waals surface area (Å²) >= 11 is 0. The van der Waals surface area contributed by atoms with Gasteiger partial charge in [-0.3, -0.25) is 9.99 Å². The van der Waals surface area contributed by atoms with Crippen molar-refractivity contribution in [3.05, 3.63) is 30.1 Å². The normalized spacial score (nSPS) is 13.3. The molecule has 1 rings (SSSR count). The van der Waals surface area contributed by atoms with E-state index in [4.69, 9.17) is 0 Å². The van der Waals surface area contributed by atoms with Crippen LogP contribution in [-0.4, -0.2) is 24.1 Å². The summed E-state index contributed by atoms with van der Waals surface area (Å²) in [4.78, 5) is 4.05. The Kier molecular flexibility index (Phi) is 3.19. The van der Waals surface area contributed by atoms with Crippen LogP contribution in [0.25, 0.3) is 0 Å². The Labute approximate surface area is 73.4 Å². The summed E-state index contributed by atoms with van der Waals surface area (Å²) in [7, 11) is 3.96. The fourth-order valence-corrected chi connectivity index (χ4v) is 1.09. The molecule has 1 heterocycles. The minimum atomic E-state index is 0.314. The van der Waals surface area contributed by atoms with Crippen LogP contribution < -0.4 is 5.43 Å². The minimum absolute atomic E-state index is 0.314. The van der Waals surface area contributed by atoms with E-state index in [1.807, 2.05) is 31.4 Å². The van der Waals surface area contributed by atoms with Gasteiger partial charge >= 0.3 is 0 Å². The fraction of sp³-hybridized carbons (Fsp3) is 0.444. The minimum Gasteiger partial charge on any atom is -0.264 e. The van der Waals surface area contributed by atoms with Gasteiger partial charge in [-0.1, -0.05) is 6.07 Å². The molecule has 66 valence electrons. The van der Waals surface area contributed by atoms with E-state index in [2.05, 4.69) is 23.4 Å². The molecule has 0 fully saturated rings. The standard InChI is InChI=1S/C9H15N3/c1-8(11-12(2)3)9-5-4-6-10-7-9/h4-8,11H,1-3H3. The van der Waals surface area contributed by atoms with Gasteiger partial charge in [0.2, 0.25) is 0 Å². The zero-order valence-electron chi connectivity index (χ0n) is 7.78. The molecule has 1 aromatic rings. The van der Waals surface area contributed by atoms with Gasteiger partial charge in [-0.05, 0) is 18.6 Å². The number of hydrogen-bond acceptors (Lipinski definition) is 3. The first kappa shape index (κ1) is 9.16. The van der Waals surface area contributed by atoms with E-state index < -0.39 is 0 Å². The first-order chi connectivity index (χ1) is 5.70. The molecule has 3 heteroatoms. The Morgan fingerprint density at radius 3 is 2.75 bits per heavy atom. The average Bonchev–Trinajstić information content (AvgIpc) is 2.05. The van der Waals surface area contributed by atoms with Gasteiger partial charge in [0, 0.05) is 32.5 Å². The highest BCUT2D eigenvalue weighted by Gasteiger charge is 2.03. The third-order valence-corrected chi connectivity index (χ3v) is 1.64. The number of nitrogens with one attached hydrogen (secondary N) is 1. The number of nitrogens with zero attached hydrogens (tertiary/aromatic N) is 2. The molecule has 3 nitrogen and oxygen atoms in total. The highest BCUT2D eigenvalue weighted by molar-refractivity contribution is 5.12. The Hall–Kier alpha value is -0.930. The van der Waals surface area contributed by atoms with Gasteiger partial charge in [-0.25, -0.2) is 5.43 Å². The van der Waals surface area contributed by atoms with Crippen LogP contribution in [0.2, 0.25) is 0 Å². The molecule has 0 aliphatic heterocycles. The molecular weight excluding hydrogens is 150 g/mol. The molecule has 0 amide bonds. The summed E-state index contributed by atoms with van der Waals surface area (Å²) in [6.07, 6.45) is 3.66. The maximum absolute atomic E-state index is 4.05. The van der Waals surface area contributed by atoms with Crippen LogP contribution in [0.1, 0.15) is 18.5 Å². The van der Waals surface area contributed by atoms with E-state index in [1.54, 1.807) is 6.20 Å². The number of hydrazine groups is 1. The average molecular weight is 165 g/mol. The summed E-state index contributed by atoms with van der Waals surface area (Å²) in [6.45, 7) is 2.11. The molecule has 0 bridgehead atoms. The fourth-order valence-electron chi connectivity index (χ4n) is 1.09. The van der Waals surface area contributed by atoms with Crippen molar-refractivity contribution in [1.82, 2.24) is 15.4 Å². The number of rotatable bonds is 3. The lowest BCUT2D eigenvalue weighted by Gasteiger charge is -2.18. The molecule has 1 atom stereocenters. The van der Waals surface area contributed by atoms with Crippen LogP contribution in [0.4, 0.5) is 0 Å². The third-order valence-electron chi connectivity index (χ3n) is 1.64. The van der Waals surface area contributed by atoms with Crippen molar-refractivity contribution in [2.45, 2.75) is 13.0 Å². The van der Waals surface area contributed by atoms with Crippen LogP contribution in [-0.2, 0) is 0 Å². The van der Waals surface area contributed by atoms with E-state index in [0.717, 1.165) is 0 Å². The molecule has 12 heavy (non-hydrogen) atoms. The first-order valence-electron chi connectivity index (χ1n) is 4.03. The van der Waals surface area contributed by atoms with Crippen molar-refractivity contribution in [2.75, 3.05) is 14.1 Å². The SMILES string of the molecule is CC(NN(C)C)c1cccnc1. The van der Waals surface area contributed by atoms with Crippen LogP contribution in [0.15, 0.2) is 24.5 Å². The van der Waals surface area contributed by atoms with E-state index in [0.29, 0.717) is 6.04 Å². The number of aromatic nitrogens is 1. The Bertz CT molecular complexity index is 220. The van der Waals surface area contributed by atoms with Gasteiger partial charge in [0.15, 0.2) is 0 Å². The molecule has 0 saturated heterocycles. The van der Waals surface area contributed by atoms with Crippen molar-refractivity contribution >= 4 is 0 Å². The molecule has 0 saturated carbocycles. The first-order valence-corrected chi connectivity index (χ1v) is 4.03. The van der Waals surface area contributed by atoms with Crippen molar-refractivity contribution in [2.24, 2.45) is 0 Å². The van der Waals surface area contributed by atoms with Crippen molar-refractivity contribution in [3.8, 4) is 0 Å². The molecule has 0 aliphatic rings. The zero-order valence-corrected chi connectivity index (χ0v) is 7.78. The summed E-state index contributed by atoms with van der Waals surface area (Å²) < 4.78 is 0. The largest absolute Gasteiger partial charge is 0.264 e. The van der Waals surface area contributed by atoms with Crippen LogP contribution >= 0.6 is 0 Å². The molecule has 0 aromatic carbocycles. The second kappa shape index (κ2) is 4.18. The summed E-state index contributed by atoms with van der Waals surface area (Å²) in [5.41, 5.74) is 4.45. The van der Waals surface area contributed by atoms with Gasteiger partial charge in [0.1, 0.15) is 0 Å². The monoisotopic (exact) mass is 165 g/mol. The highest BCUT2D eigenvalue weighted by Crippen LogP contribution is 2.08. The smallest absolute Gasteiger partial charge is 0.0451 e. The lowest BCUT2D eigenvalue weighted by atomic mass is 10.1. The van der Waals surface area contributed by atoms with Gasteiger partial charge in [-0.15, -0.1) is 0 Å². The van der Waals surface area contributed by atoms with E-state index in [9.17, 15) is 0 Å². The van der Waals surface area contributed by atoms with Crippen molar-refractivity contribution in [1.29, 1.82) is 0 Å². The van der Waals surface area contributed by atoms with Gasteiger partial charge in [0.05, 0.1) is 0 Å². The number of hydrogen-bond donors (Lipinski definition) is 1. The molecule has 1 N–H and O–H groups in total. The quantitative estimate of drug-likeness (QED) is 0.682. The van der Waals surface area contributed by atoms with E-state index in [-0.39, 0.29) is 0 Å². The van der Waals surface area contributed by atoms with Crippen LogP contribution in [0.3, 0.4) is 0 Å². The predicted octanol–water partition coefficient (Wildman–Crippen LogP) is 1.21. The van der Waals surface area contributed by atoms with Crippen molar-refractivity contribution < 1.29 is 0 Å².